The third-order valence-corrected chi connectivity index (χ3v) is 7.99. The van der Waals surface area contributed by atoms with Crippen LogP contribution in [-0.4, -0.2) is 80.8 Å². The average Bonchev–Trinajstić information content (AvgIpc) is 3.21. The number of aryl methyl sites for hydroxylation is 1. The zero-order chi connectivity index (χ0) is 49.6. The Morgan fingerprint density at radius 2 is 0.844 bits per heavy atom. The van der Waals surface area contributed by atoms with Gasteiger partial charge in [-0.2, -0.15) is 65.9 Å². The molecule has 0 aromatic heterocycles. The zero-order valence-electron chi connectivity index (χ0n) is 34.8. The van der Waals surface area contributed by atoms with Gasteiger partial charge in [0.15, 0.2) is 24.4 Å². The molecule has 5 N–H and O–H groups in total. The van der Waals surface area contributed by atoms with Crippen molar-refractivity contribution in [1.29, 1.82) is 0 Å². The highest BCUT2D eigenvalue weighted by atomic mass is 19.4. The number of hydrogen-bond acceptors (Lipinski definition) is 5. The van der Waals surface area contributed by atoms with Crippen molar-refractivity contribution in [3.05, 3.63) is 132 Å². The predicted molar refractivity (Wildman–Crippen MR) is 213 cm³/mol. The van der Waals surface area contributed by atoms with Gasteiger partial charge < -0.3 is 25.5 Å². The molecular weight excluding hydrogens is 893 g/mol. The molecular formula is C44H55F15O5. The monoisotopic (exact) mass is 948 g/mol. The quantitative estimate of drug-likeness (QED) is 0.0594. The van der Waals surface area contributed by atoms with Crippen LogP contribution in [0.1, 0.15) is 88.0 Å². The normalized spacial score (nSPS) is 14.6. The van der Waals surface area contributed by atoms with E-state index in [-0.39, 0.29) is 24.8 Å². The Balaban J connectivity index is 0. The van der Waals surface area contributed by atoms with E-state index in [1.165, 1.54) is 36.4 Å². The van der Waals surface area contributed by atoms with Crippen LogP contribution in [0.5, 0.6) is 0 Å². The molecule has 0 bridgehead atoms. The van der Waals surface area contributed by atoms with Crippen molar-refractivity contribution in [2.45, 2.75) is 139 Å². The minimum absolute atomic E-state index is 0.134. The van der Waals surface area contributed by atoms with E-state index < -0.39 is 61.4 Å². The minimum Gasteiger partial charge on any atom is -0.384 e. The molecule has 0 radical (unpaired) electrons. The number of hydrogen-bond donors (Lipinski definition) is 5. The summed E-state index contributed by atoms with van der Waals surface area (Å²) in [6.45, 7) is 3.92. The summed E-state index contributed by atoms with van der Waals surface area (Å²) in [7, 11) is 0. The van der Waals surface area contributed by atoms with Crippen LogP contribution < -0.4 is 0 Å². The standard InChI is InChI=1S/C10H11F3O.C10H17F3O.C9H9F3O.C8H7F3O.C7H11F3O/c11-10(12,13)9(14)7-6-8-4-2-1-3-5-8;1-2-3-4-5-6-7-8-9(14)10(11,12)13;10-9(11,12)8(13)6-7-4-2-1-3-5-7;9-8(10,11)7(12)6-4-2-1-3-5-6;1-2-3-4-5-6(11)7(8,9)10/h1-5,9,14H,6-7H2;7-9,14H,2-6H2,1H3;1-5,8,13H,6H2;1-5,7,12H;4-6,11H,2-3H2,1H3. The topological polar surface area (TPSA) is 101 Å². The third-order valence-electron chi connectivity index (χ3n) is 7.99. The third kappa shape index (κ3) is 32.5. The van der Waals surface area contributed by atoms with Crippen LogP contribution in [-0.2, 0) is 12.8 Å². The van der Waals surface area contributed by atoms with E-state index in [0.29, 0.717) is 18.4 Å². The van der Waals surface area contributed by atoms with Crippen molar-refractivity contribution >= 4 is 0 Å². The molecule has 0 aliphatic carbocycles. The summed E-state index contributed by atoms with van der Waals surface area (Å²) < 4.78 is 177. The number of benzene rings is 3. The Morgan fingerprint density at radius 3 is 1.22 bits per heavy atom. The molecule has 5 atom stereocenters. The molecule has 0 saturated carbocycles. The highest BCUT2D eigenvalue weighted by molar-refractivity contribution is 5.18. The van der Waals surface area contributed by atoms with Crippen LogP contribution in [0.4, 0.5) is 65.9 Å². The average molecular weight is 949 g/mol. The summed E-state index contributed by atoms with van der Waals surface area (Å²) in [6.07, 6.45) is -24.2. The second-order valence-corrected chi connectivity index (χ2v) is 13.7. The van der Waals surface area contributed by atoms with Gasteiger partial charge >= 0.3 is 30.9 Å². The van der Waals surface area contributed by atoms with Gasteiger partial charge in [-0.3, -0.25) is 0 Å². The number of aliphatic hydroxyl groups excluding tert-OH is 5. The van der Waals surface area contributed by atoms with E-state index in [1.54, 1.807) is 66.7 Å². The molecule has 3 rings (SSSR count). The Morgan fingerprint density at radius 1 is 0.438 bits per heavy atom. The Kier molecular flexibility index (Phi) is 30.7. The van der Waals surface area contributed by atoms with Crippen LogP contribution in [0.3, 0.4) is 0 Å². The van der Waals surface area contributed by atoms with Gasteiger partial charge in [0.25, 0.3) is 0 Å². The first kappa shape index (κ1) is 62.0. The maximum Gasteiger partial charge on any atom is 0.418 e. The lowest BCUT2D eigenvalue weighted by atomic mass is 10.1. The molecule has 3 aromatic carbocycles. The molecule has 5 nitrogen and oxygen atoms in total. The van der Waals surface area contributed by atoms with Gasteiger partial charge in [0.1, 0.15) is 6.10 Å². The molecule has 0 aliphatic rings. The van der Waals surface area contributed by atoms with Crippen molar-refractivity contribution in [3.63, 3.8) is 0 Å². The highest BCUT2D eigenvalue weighted by Crippen LogP contribution is 2.32. The van der Waals surface area contributed by atoms with Crippen molar-refractivity contribution in [2.75, 3.05) is 0 Å². The summed E-state index contributed by atoms with van der Waals surface area (Å²) in [4.78, 5) is 0. The number of alkyl halides is 15. The van der Waals surface area contributed by atoms with Gasteiger partial charge in [-0.15, -0.1) is 0 Å². The van der Waals surface area contributed by atoms with E-state index in [1.807, 2.05) is 6.92 Å². The molecule has 5 unspecified atom stereocenters. The summed E-state index contributed by atoms with van der Waals surface area (Å²) >= 11 is 0. The summed E-state index contributed by atoms with van der Waals surface area (Å²) in [6, 6.07) is 23.8. The van der Waals surface area contributed by atoms with Crippen LogP contribution in [0.2, 0.25) is 0 Å². The van der Waals surface area contributed by atoms with Gasteiger partial charge in [-0.25, -0.2) is 0 Å². The second-order valence-electron chi connectivity index (χ2n) is 13.7. The highest BCUT2D eigenvalue weighted by Gasteiger charge is 2.40. The van der Waals surface area contributed by atoms with Gasteiger partial charge in [0.2, 0.25) is 0 Å². The van der Waals surface area contributed by atoms with Crippen molar-refractivity contribution in [3.8, 4) is 0 Å². The van der Waals surface area contributed by atoms with Crippen molar-refractivity contribution in [2.24, 2.45) is 0 Å². The fourth-order valence-corrected chi connectivity index (χ4v) is 4.41. The lowest BCUT2D eigenvalue weighted by Crippen LogP contribution is -2.30. The maximum atomic E-state index is 11.9. The van der Waals surface area contributed by atoms with Crippen molar-refractivity contribution in [1.82, 2.24) is 0 Å². The fraction of sp³-hybridized carbons (Fsp3) is 0.500. The van der Waals surface area contributed by atoms with Crippen LogP contribution in [0.25, 0.3) is 0 Å². The lowest BCUT2D eigenvalue weighted by Gasteiger charge is -2.13. The van der Waals surface area contributed by atoms with Crippen LogP contribution in [0.15, 0.2) is 115 Å². The molecule has 0 saturated heterocycles. The molecule has 0 heterocycles. The molecule has 0 fully saturated rings. The molecule has 0 aliphatic heterocycles. The number of halogens is 15. The fourth-order valence-electron chi connectivity index (χ4n) is 4.41. The summed E-state index contributed by atoms with van der Waals surface area (Å²) in [5.41, 5.74) is 1.15. The number of rotatable bonds is 15. The van der Waals surface area contributed by atoms with Crippen molar-refractivity contribution < 1.29 is 91.4 Å². The van der Waals surface area contributed by atoms with Gasteiger partial charge in [0.05, 0.1) is 0 Å². The van der Waals surface area contributed by atoms with Crippen LogP contribution in [0, 0.1) is 0 Å². The molecule has 366 valence electrons. The predicted octanol–water partition coefficient (Wildman–Crippen LogP) is 12.7. The minimum atomic E-state index is -4.58. The Hall–Kier alpha value is -4.11. The number of aliphatic hydroxyl groups is 5. The van der Waals surface area contributed by atoms with E-state index in [4.69, 9.17) is 25.5 Å². The Bertz CT molecular complexity index is 1610. The first-order valence-electron chi connectivity index (χ1n) is 19.7. The molecule has 20 heteroatoms. The smallest absolute Gasteiger partial charge is 0.384 e. The number of unbranched alkanes of at least 4 members (excludes halogenated alkanes) is 5. The van der Waals surface area contributed by atoms with Crippen LogP contribution >= 0.6 is 0 Å². The molecule has 0 spiro atoms. The van der Waals surface area contributed by atoms with E-state index >= 15 is 0 Å². The largest absolute Gasteiger partial charge is 0.418 e. The van der Waals surface area contributed by atoms with Gasteiger partial charge in [-0.05, 0) is 48.8 Å². The maximum absolute atomic E-state index is 11.9. The lowest BCUT2D eigenvalue weighted by molar-refractivity contribution is -0.206. The summed E-state index contributed by atoms with van der Waals surface area (Å²) in [5.74, 6) is 0. The zero-order valence-corrected chi connectivity index (χ0v) is 34.8. The number of allylic oxidation sites excluding steroid dienone is 2. The first-order chi connectivity index (χ1) is 29.5. The molecule has 3 aromatic rings. The first-order valence-corrected chi connectivity index (χ1v) is 19.7. The molecule has 0 amide bonds. The van der Waals surface area contributed by atoms with E-state index in [9.17, 15) is 65.9 Å². The van der Waals surface area contributed by atoms with E-state index in [2.05, 4.69) is 6.92 Å². The summed E-state index contributed by atoms with van der Waals surface area (Å²) in [5, 5.41) is 43.1. The second kappa shape index (κ2) is 31.7. The SMILES string of the molecule is CCCC=CC(O)C(F)(F)F.CCCCCCC=CC(O)C(F)(F)F.OC(CCc1ccccc1)C(F)(F)F.OC(Cc1ccccc1)C(F)(F)F.OC(c1ccccc1)C(F)(F)F. The van der Waals surface area contributed by atoms with Gasteiger partial charge in [-0.1, -0.05) is 155 Å². The van der Waals surface area contributed by atoms with Gasteiger partial charge in [0, 0.05) is 6.42 Å². The molecule has 64 heavy (non-hydrogen) atoms. The Labute approximate surface area is 362 Å². The van der Waals surface area contributed by atoms with E-state index in [0.717, 1.165) is 49.8 Å².